The monoisotopic (exact) mass is 644 g/mol. The minimum atomic E-state index is -0.127. The number of aromatic nitrogens is 1. The van der Waals surface area contributed by atoms with E-state index in [0.717, 1.165) is 23.3 Å². The normalized spacial score (nSPS) is 11.9. The van der Waals surface area contributed by atoms with Crippen LogP contribution in [0.3, 0.4) is 0 Å². The summed E-state index contributed by atoms with van der Waals surface area (Å²) in [6.45, 7) is 4.22. The fraction of sp³-hybridized carbons (Fsp3) is 0.308. The number of aryl methyl sites for hydroxylation is 2. The van der Waals surface area contributed by atoms with Crippen molar-refractivity contribution in [2.24, 2.45) is 0 Å². The molecule has 0 N–H and O–H groups in total. The van der Waals surface area contributed by atoms with Crippen molar-refractivity contribution in [3.63, 3.8) is 0 Å². The summed E-state index contributed by atoms with van der Waals surface area (Å²) in [5.74, 6) is 0. The maximum absolute atomic E-state index is 6.05. The largest absolute Gasteiger partial charge is 0.269 e. The van der Waals surface area contributed by atoms with Crippen LogP contribution in [0.1, 0.15) is 18.2 Å². The third-order valence-electron chi connectivity index (χ3n) is 2.92. The predicted molar refractivity (Wildman–Crippen MR) is 117 cm³/mol. The van der Waals surface area contributed by atoms with Gasteiger partial charge in [-0.2, -0.15) is 0 Å². The van der Waals surface area contributed by atoms with Crippen LogP contribution in [0.5, 0.6) is 0 Å². The van der Waals surface area contributed by atoms with Gasteiger partial charge in [-0.15, -0.1) is 0 Å². The van der Waals surface area contributed by atoms with Crippen molar-refractivity contribution < 1.29 is 0 Å². The van der Waals surface area contributed by atoms with Crippen LogP contribution < -0.4 is 4.31 Å². The molecular formula is C13H12ClI3N2S. The van der Waals surface area contributed by atoms with Gasteiger partial charge in [-0.3, -0.25) is 9.29 Å². The molecule has 0 atom stereocenters. The molecule has 2 aromatic rings. The number of pyridine rings is 1. The third-order valence-corrected chi connectivity index (χ3v) is 6.39. The molecule has 0 saturated carbocycles. The summed E-state index contributed by atoms with van der Waals surface area (Å²) in [5.41, 5.74) is 4.54. The van der Waals surface area contributed by atoms with Gasteiger partial charge in [-0.25, -0.2) is 0 Å². The number of hydrogen-bond acceptors (Lipinski definition) is 3. The minimum Gasteiger partial charge on any atom is -0.269 e. The average molecular weight is 644 g/mol. The molecule has 0 bridgehead atoms. The lowest BCUT2D eigenvalue weighted by Crippen LogP contribution is -2.25. The number of nitrogens with zero attached hydrogens (tertiary/aromatic N) is 2. The molecule has 0 saturated heterocycles. The topological polar surface area (TPSA) is 16.1 Å². The number of anilines is 1. The first-order valence-corrected chi connectivity index (χ1v) is 10.8. The van der Waals surface area contributed by atoms with Crippen molar-refractivity contribution in [1.82, 2.24) is 4.98 Å². The third kappa shape index (κ3) is 3.96. The van der Waals surface area contributed by atoms with E-state index >= 15 is 0 Å². The molecule has 0 aliphatic carbocycles. The van der Waals surface area contributed by atoms with E-state index < -0.39 is 0 Å². The van der Waals surface area contributed by atoms with Gasteiger partial charge in [0.1, 0.15) is 0 Å². The molecular weight excluding hydrogens is 632 g/mol. The van der Waals surface area contributed by atoms with Gasteiger partial charge >= 0.3 is 0 Å². The second kappa shape index (κ2) is 7.22. The molecule has 0 fully saturated rings. The molecule has 0 aliphatic rings. The highest BCUT2D eigenvalue weighted by atomic mass is 127. The van der Waals surface area contributed by atoms with Crippen molar-refractivity contribution in [2.75, 3.05) is 4.31 Å². The Hall–Kier alpha value is 1.26. The Kier molecular flexibility index (Phi) is 6.36. The molecule has 1 aromatic carbocycles. The fourth-order valence-electron chi connectivity index (χ4n) is 2.08. The molecule has 108 valence electrons. The molecule has 0 amide bonds. The average Bonchev–Trinajstić information content (AvgIpc) is 2.37. The summed E-state index contributed by atoms with van der Waals surface area (Å²) in [6.07, 6.45) is 1.00. The van der Waals surface area contributed by atoms with Crippen LogP contribution in [0, 0.1) is 6.92 Å². The van der Waals surface area contributed by atoms with Crippen molar-refractivity contribution >= 4 is 106 Å². The van der Waals surface area contributed by atoms with Gasteiger partial charge in [-0.1, -0.05) is 6.92 Å². The van der Waals surface area contributed by atoms with Gasteiger partial charge in [0.2, 0.25) is -0.441 Å². The van der Waals surface area contributed by atoms with E-state index in [1.807, 2.05) is 6.92 Å². The quantitative estimate of drug-likeness (QED) is 0.161. The van der Waals surface area contributed by atoms with Crippen LogP contribution >= 0.6 is 89.6 Å². The molecule has 0 spiro atoms. The SMILES string of the molecule is CCc1cc(C)nc2ccc(N(SCl)C(I)(I)I)cc12. The zero-order valence-corrected chi connectivity index (χ0v) is 18.9. The van der Waals surface area contributed by atoms with Gasteiger partial charge < -0.3 is 0 Å². The van der Waals surface area contributed by atoms with E-state index in [0.29, 0.717) is 0 Å². The van der Waals surface area contributed by atoms with Crippen molar-refractivity contribution in [2.45, 2.75) is 19.8 Å². The van der Waals surface area contributed by atoms with Crippen LogP contribution in [0.25, 0.3) is 10.9 Å². The molecule has 0 aliphatic heterocycles. The Bertz CT molecular complexity index is 631. The maximum atomic E-state index is 6.05. The highest BCUT2D eigenvalue weighted by Crippen LogP contribution is 2.47. The predicted octanol–water partition coefficient (Wildman–Crippen LogP) is 6.63. The lowest BCUT2D eigenvalue weighted by atomic mass is 10.1. The summed E-state index contributed by atoms with van der Waals surface area (Å²) in [4.78, 5) is 4.61. The Balaban J connectivity index is 2.61. The second-order valence-corrected chi connectivity index (χ2v) is 16.1. The van der Waals surface area contributed by atoms with E-state index in [1.165, 1.54) is 22.1 Å². The zero-order chi connectivity index (χ0) is 14.9. The number of fused-ring (bicyclic) bond motifs is 1. The first-order chi connectivity index (χ1) is 9.36. The summed E-state index contributed by atoms with van der Waals surface area (Å²) >= 11 is 8.32. The van der Waals surface area contributed by atoms with Crippen LogP contribution in [0.4, 0.5) is 5.69 Å². The standard InChI is InChI=1S/C13H12ClI3N2S/c1-3-9-6-8(2)18-12-5-4-10(7-11(9)12)19(20-14)13(15,16)17/h4-7H,3H2,1-2H3. The van der Waals surface area contributed by atoms with Crippen molar-refractivity contribution in [3.05, 3.63) is 35.5 Å². The fourth-order valence-corrected chi connectivity index (χ4v) is 5.67. The molecule has 1 aromatic heterocycles. The molecule has 7 heteroatoms. The Morgan fingerprint density at radius 2 is 2.00 bits per heavy atom. The van der Waals surface area contributed by atoms with E-state index in [9.17, 15) is 0 Å². The summed E-state index contributed by atoms with van der Waals surface area (Å²) in [5, 5.41) is 1.21. The number of benzene rings is 1. The van der Waals surface area contributed by atoms with Crippen molar-refractivity contribution in [1.29, 1.82) is 0 Å². The first kappa shape index (κ1) is 17.6. The first-order valence-electron chi connectivity index (χ1n) is 5.92. The van der Waals surface area contributed by atoms with E-state index in [2.05, 4.69) is 108 Å². The summed E-state index contributed by atoms with van der Waals surface area (Å²) in [6, 6.07) is 8.50. The molecule has 1 heterocycles. The molecule has 2 rings (SSSR count). The highest BCUT2D eigenvalue weighted by molar-refractivity contribution is 14.3. The molecule has 2 nitrogen and oxygen atoms in total. The summed E-state index contributed by atoms with van der Waals surface area (Å²) in [7, 11) is 6.05. The Morgan fingerprint density at radius 3 is 2.55 bits per heavy atom. The number of halogens is 4. The number of rotatable bonds is 4. The van der Waals surface area contributed by atoms with Crippen LogP contribution in [0.2, 0.25) is 0 Å². The van der Waals surface area contributed by atoms with Gasteiger partial charge in [0.05, 0.1) is 22.4 Å². The van der Waals surface area contributed by atoms with Crippen molar-refractivity contribution in [3.8, 4) is 0 Å². The van der Waals surface area contributed by atoms with E-state index in [4.69, 9.17) is 10.7 Å². The van der Waals surface area contributed by atoms with Crippen LogP contribution in [-0.4, -0.2) is 4.54 Å². The Morgan fingerprint density at radius 1 is 1.30 bits per heavy atom. The smallest absolute Gasteiger partial charge is 0.204 e. The van der Waals surface area contributed by atoms with Crippen LogP contribution in [0.15, 0.2) is 24.3 Å². The highest BCUT2D eigenvalue weighted by Gasteiger charge is 2.28. The Labute approximate surface area is 168 Å². The lowest BCUT2D eigenvalue weighted by Gasteiger charge is -2.29. The summed E-state index contributed by atoms with van der Waals surface area (Å²) < 4.78 is 1.95. The van der Waals surface area contributed by atoms with E-state index in [1.54, 1.807) is 0 Å². The van der Waals surface area contributed by atoms with Gasteiger partial charge in [0.15, 0.2) is 0 Å². The lowest BCUT2D eigenvalue weighted by molar-refractivity contribution is 1.12. The van der Waals surface area contributed by atoms with Gasteiger partial charge in [0.25, 0.3) is 0 Å². The number of alkyl halides is 3. The minimum absolute atomic E-state index is 0.127. The molecule has 0 unspecified atom stereocenters. The van der Waals surface area contributed by atoms with Gasteiger partial charge in [0, 0.05) is 11.1 Å². The molecule has 20 heavy (non-hydrogen) atoms. The van der Waals surface area contributed by atoms with Gasteiger partial charge in [-0.05, 0) is 122 Å². The maximum Gasteiger partial charge on any atom is 0.204 e. The van der Waals surface area contributed by atoms with E-state index in [-0.39, 0.29) is -0.441 Å². The second-order valence-electron chi connectivity index (χ2n) is 4.31. The molecule has 0 radical (unpaired) electrons. The zero-order valence-electron chi connectivity index (χ0n) is 10.8. The number of hydrogen-bond donors (Lipinski definition) is 0. The van der Waals surface area contributed by atoms with Crippen LogP contribution in [-0.2, 0) is 6.42 Å².